The van der Waals surface area contributed by atoms with E-state index < -0.39 is 0 Å². The number of aliphatic hydroxyl groups is 1. The Morgan fingerprint density at radius 2 is 1.69 bits per heavy atom. The van der Waals surface area contributed by atoms with Crippen LogP contribution in [-0.4, -0.2) is 23.3 Å². The maximum absolute atomic E-state index is 9.35. The minimum atomic E-state index is -0.246. The summed E-state index contributed by atoms with van der Waals surface area (Å²) < 4.78 is 0. The van der Waals surface area contributed by atoms with Crippen molar-refractivity contribution >= 4 is 0 Å². The summed E-state index contributed by atoms with van der Waals surface area (Å²) in [6, 6.07) is 0.780. The summed E-state index contributed by atoms with van der Waals surface area (Å²) in [6.07, 6.45) is 5.25. The van der Waals surface area contributed by atoms with E-state index in [1.165, 1.54) is 25.7 Å². The summed E-state index contributed by atoms with van der Waals surface area (Å²) in [5, 5.41) is 12.8. The SMILES string of the molecule is CC(O)C(C)N[C@@H](C)C1CCCC1. The second-order valence-corrected chi connectivity index (χ2v) is 4.53. The van der Waals surface area contributed by atoms with Crippen molar-refractivity contribution in [2.45, 2.75) is 64.6 Å². The Hall–Kier alpha value is -0.0800. The third-order valence-electron chi connectivity index (χ3n) is 3.36. The molecule has 0 spiro atoms. The fourth-order valence-electron chi connectivity index (χ4n) is 2.15. The molecular weight excluding hydrogens is 162 g/mol. The summed E-state index contributed by atoms with van der Waals surface area (Å²) in [5.74, 6) is 0.834. The first-order valence-corrected chi connectivity index (χ1v) is 5.55. The molecule has 0 radical (unpaired) electrons. The van der Waals surface area contributed by atoms with E-state index in [4.69, 9.17) is 0 Å². The van der Waals surface area contributed by atoms with Gasteiger partial charge in [0, 0.05) is 12.1 Å². The molecule has 0 heterocycles. The van der Waals surface area contributed by atoms with Crippen molar-refractivity contribution in [3.63, 3.8) is 0 Å². The first-order chi connectivity index (χ1) is 6.11. The predicted octanol–water partition coefficient (Wildman–Crippen LogP) is 1.92. The zero-order valence-electron chi connectivity index (χ0n) is 9.09. The first kappa shape index (κ1) is 11.0. The lowest BCUT2D eigenvalue weighted by Gasteiger charge is -2.26. The molecule has 0 amide bonds. The van der Waals surface area contributed by atoms with E-state index in [9.17, 15) is 5.11 Å². The Balaban J connectivity index is 2.26. The molecule has 3 atom stereocenters. The van der Waals surface area contributed by atoms with Gasteiger partial charge in [-0.15, -0.1) is 0 Å². The van der Waals surface area contributed by atoms with Gasteiger partial charge in [-0.1, -0.05) is 12.8 Å². The molecule has 0 aliphatic heterocycles. The number of aliphatic hydroxyl groups excluding tert-OH is 1. The van der Waals surface area contributed by atoms with E-state index in [1.54, 1.807) is 0 Å². The molecule has 0 aromatic carbocycles. The number of hydrogen-bond donors (Lipinski definition) is 2. The van der Waals surface area contributed by atoms with Gasteiger partial charge in [0.05, 0.1) is 6.10 Å². The van der Waals surface area contributed by atoms with Gasteiger partial charge in [0.25, 0.3) is 0 Å². The quantitative estimate of drug-likeness (QED) is 0.701. The molecule has 1 saturated carbocycles. The van der Waals surface area contributed by atoms with E-state index in [0.717, 1.165) is 5.92 Å². The van der Waals surface area contributed by atoms with Crippen molar-refractivity contribution in [3.8, 4) is 0 Å². The molecular formula is C11H23NO. The van der Waals surface area contributed by atoms with Crippen molar-refractivity contribution in [2.75, 3.05) is 0 Å². The van der Waals surface area contributed by atoms with E-state index in [2.05, 4.69) is 19.2 Å². The Bertz CT molecular complexity index is 141. The zero-order chi connectivity index (χ0) is 9.84. The lowest BCUT2D eigenvalue weighted by atomic mass is 9.98. The fraction of sp³-hybridized carbons (Fsp3) is 1.00. The molecule has 2 unspecified atom stereocenters. The van der Waals surface area contributed by atoms with Crippen LogP contribution in [0.15, 0.2) is 0 Å². The highest BCUT2D eigenvalue weighted by atomic mass is 16.3. The van der Waals surface area contributed by atoms with Crippen LogP contribution < -0.4 is 5.32 Å². The molecule has 0 aromatic rings. The third-order valence-corrected chi connectivity index (χ3v) is 3.36. The molecule has 1 aliphatic rings. The lowest BCUT2D eigenvalue weighted by Crippen LogP contribution is -2.43. The molecule has 1 rings (SSSR count). The predicted molar refractivity (Wildman–Crippen MR) is 55.7 cm³/mol. The average Bonchev–Trinajstić information content (AvgIpc) is 2.55. The van der Waals surface area contributed by atoms with Gasteiger partial charge in [-0.3, -0.25) is 0 Å². The average molecular weight is 185 g/mol. The molecule has 0 aromatic heterocycles. The van der Waals surface area contributed by atoms with Crippen LogP contribution in [-0.2, 0) is 0 Å². The van der Waals surface area contributed by atoms with Crippen LogP contribution in [0.2, 0.25) is 0 Å². The van der Waals surface area contributed by atoms with Crippen molar-refractivity contribution in [2.24, 2.45) is 5.92 Å². The van der Waals surface area contributed by atoms with Gasteiger partial charge in [-0.2, -0.15) is 0 Å². The van der Waals surface area contributed by atoms with Crippen molar-refractivity contribution in [1.29, 1.82) is 0 Å². The van der Waals surface area contributed by atoms with Crippen molar-refractivity contribution in [3.05, 3.63) is 0 Å². The molecule has 2 nitrogen and oxygen atoms in total. The summed E-state index contributed by atoms with van der Waals surface area (Å²) in [5.41, 5.74) is 0. The smallest absolute Gasteiger partial charge is 0.0662 e. The second-order valence-electron chi connectivity index (χ2n) is 4.53. The number of hydrogen-bond acceptors (Lipinski definition) is 2. The standard InChI is InChI=1S/C11H23NO/c1-8(10(3)13)12-9(2)11-6-4-5-7-11/h8-13H,4-7H2,1-3H3/t8?,9-,10?/m0/s1. The normalized spacial score (nSPS) is 25.8. The van der Waals surface area contributed by atoms with E-state index in [1.807, 2.05) is 6.92 Å². The van der Waals surface area contributed by atoms with Crippen molar-refractivity contribution in [1.82, 2.24) is 5.32 Å². The minimum Gasteiger partial charge on any atom is -0.392 e. The Labute approximate surface area is 81.7 Å². The zero-order valence-corrected chi connectivity index (χ0v) is 9.09. The molecule has 0 bridgehead atoms. The van der Waals surface area contributed by atoms with Crippen LogP contribution in [0.4, 0.5) is 0 Å². The van der Waals surface area contributed by atoms with Gasteiger partial charge in [0.1, 0.15) is 0 Å². The topological polar surface area (TPSA) is 32.3 Å². The molecule has 13 heavy (non-hydrogen) atoms. The van der Waals surface area contributed by atoms with Gasteiger partial charge in [-0.25, -0.2) is 0 Å². The molecule has 1 aliphatic carbocycles. The largest absolute Gasteiger partial charge is 0.392 e. The van der Waals surface area contributed by atoms with Crippen LogP contribution in [0.3, 0.4) is 0 Å². The van der Waals surface area contributed by atoms with Crippen molar-refractivity contribution < 1.29 is 5.11 Å². The van der Waals surface area contributed by atoms with E-state index in [-0.39, 0.29) is 12.1 Å². The number of nitrogens with one attached hydrogen (secondary N) is 1. The Morgan fingerprint density at radius 3 is 2.15 bits per heavy atom. The lowest BCUT2D eigenvalue weighted by molar-refractivity contribution is 0.140. The van der Waals surface area contributed by atoms with E-state index in [0.29, 0.717) is 6.04 Å². The fourth-order valence-corrected chi connectivity index (χ4v) is 2.15. The monoisotopic (exact) mass is 185 g/mol. The van der Waals surface area contributed by atoms with Gasteiger partial charge in [-0.05, 0) is 39.5 Å². The molecule has 78 valence electrons. The summed E-state index contributed by atoms with van der Waals surface area (Å²) >= 11 is 0. The minimum absolute atomic E-state index is 0.218. The highest BCUT2D eigenvalue weighted by molar-refractivity contribution is 4.80. The van der Waals surface area contributed by atoms with Crippen LogP contribution >= 0.6 is 0 Å². The van der Waals surface area contributed by atoms with Gasteiger partial charge in [0.2, 0.25) is 0 Å². The maximum atomic E-state index is 9.35. The maximum Gasteiger partial charge on any atom is 0.0662 e. The highest BCUT2D eigenvalue weighted by Gasteiger charge is 2.23. The van der Waals surface area contributed by atoms with Crippen LogP contribution in [0.1, 0.15) is 46.5 Å². The van der Waals surface area contributed by atoms with Crippen LogP contribution in [0.25, 0.3) is 0 Å². The summed E-state index contributed by atoms with van der Waals surface area (Å²) in [7, 11) is 0. The molecule has 0 saturated heterocycles. The first-order valence-electron chi connectivity index (χ1n) is 5.55. The molecule has 1 fully saturated rings. The Morgan fingerprint density at radius 1 is 1.15 bits per heavy atom. The van der Waals surface area contributed by atoms with Crippen LogP contribution in [0.5, 0.6) is 0 Å². The van der Waals surface area contributed by atoms with Gasteiger partial charge >= 0.3 is 0 Å². The number of rotatable bonds is 4. The summed E-state index contributed by atoms with van der Waals surface area (Å²) in [4.78, 5) is 0. The van der Waals surface area contributed by atoms with Gasteiger partial charge < -0.3 is 10.4 Å². The molecule has 2 N–H and O–H groups in total. The molecule has 2 heteroatoms. The highest BCUT2D eigenvalue weighted by Crippen LogP contribution is 2.27. The Kier molecular flexibility index (Phi) is 4.20. The van der Waals surface area contributed by atoms with Crippen LogP contribution in [0, 0.1) is 5.92 Å². The van der Waals surface area contributed by atoms with Gasteiger partial charge in [0.15, 0.2) is 0 Å². The van der Waals surface area contributed by atoms with E-state index >= 15 is 0 Å². The third kappa shape index (κ3) is 3.28. The summed E-state index contributed by atoms with van der Waals surface area (Å²) in [6.45, 7) is 6.14. The second kappa shape index (κ2) is 4.97.